The van der Waals surface area contributed by atoms with Gasteiger partial charge in [0.25, 0.3) is 0 Å². The first-order valence-corrected chi connectivity index (χ1v) is 6.67. The first-order chi connectivity index (χ1) is 10.1. The van der Waals surface area contributed by atoms with Gasteiger partial charge in [0, 0.05) is 23.7 Å². The standard InChI is InChI=1S/C15H13ClF2N2O/c16-10-3-1-4-11(9-10)20-14(21)7-8-19-15-12(17)5-2-6-13(15)18/h1-6,9,19H,7-8H2,(H,20,21). The number of halogens is 3. The summed E-state index contributed by atoms with van der Waals surface area (Å²) < 4.78 is 26.7. The number of rotatable bonds is 5. The molecule has 0 saturated carbocycles. The van der Waals surface area contributed by atoms with Crippen molar-refractivity contribution in [2.75, 3.05) is 17.2 Å². The van der Waals surface area contributed by atoms with Gasteiger partial charge >= 0.3 is 0 Å². The van der Waals surface area contributed by atoms with Crippen LogP contribution in [-0.2, 0) is 4.79 Å². The van der Waals surface area contributed by atoms with Gasteiger partial charge in [0.15, 0.2) is 0 Å². The van der Waals surface area contributed by atoms with E-state index in [0.717, 1.165) is 12.1 Å². The molecule has 0 aliphatic carbocycles. The van der Waals surface area contributed by atoms with Crippen LogP contribution in [-0.4, -0.2) is 12.5 Å². The van der Waals surface area contributed by atoms with Crippen molar-refractivity contribution < 1.29 is 13.6 Å². The second kappa shape index (κ2) is 7.04. The molecule has 0 aliphatic heterocycles. The molecule has 0 fully saturated rings. The molecule has 0 saturated heterocycles. The lowest BCUT2D eigenvalue weighted by Gasteiger charge is -2.09. The summed E-state index contributed by atoms with van der Waals surface area (Å²) in [6.07, 6.45) is 0.0697. The molecular weight excluding hydrogens is 298 g/mol. The fourth-order valence-electron chi connectivity index (χ4n) is 1.76. The predicted molar refractivity (Wildman–Crippen MR) is 79.5 cm³/mol. The Bertz CT molecular complexity index is 629. The minimum absolute atomic E-state index is 0.0697. The van der Waals surface area contributed by atoms with Crippen LogP contribution in [0.15, 0.2) is 42.5 Å². The van der Waals surface area contributed by atoms with E-state index in [1.165, 1.54) is 6.07 Å². The van der Waals surface area contributed by atoms with Crippen molar-refractivity contribution in [2.45, 2.75) is 6.42 Å². The summed E-state index contributed by atoms with van der Waals surface area (Å²) in [6.45, 7) is 0.115. The summed E-state index contributed by atoms with van der Waals surface area (Å²) in [5.41, 5.74) is 0.345. The third kappa shape index (κ3) is 4.43. The Morgan fingerprint density at radius 2 is 1.76 bits per heavy atom. The van der Waals surface area contributed by atoms with Crippen LogP contribution in [0.3, 0.4) is 0 Å². The summed E-state index contributed by atoms with van der Waals surface area (Å²) in [5.74, 6) is -1.66. The van der Waals surface area contributed by atoms with Gasteiger partial charge in [-0.3, -0.25) is 4.79 Å². The average Bonchev–Trinajstić information content (AvgIpc) is 2.42. The van der Waals surface area contributed by atoms with Crippen LogP contribution in [0.5, 0.6) is 0 Å². The van der Waals surface area contributed by atoms with Crippen LogP contribution in [0, 0.1) is 11.6 Å². The third-order valence-electron chi connectivity index (χ3n) is 2.72. The zero-order valence-corrected chi connectivity index (χ0v) is 11.8. The van der Waals surface area contributed by atoms with Crippen LogP contribution in [0.25, 0.3) is 0 Å². The summed E-state index contributed by atoms with van der Waals surface area (Å²) in [5, 5.41) is 5.73. The van der Waals surface area contributed by atoms with E-state index in [1.807, 2.05) is 0 Å². The number of nitrogens with one attached hydrogen (secondary N) is 2. The molecule has 0 radical (unpaired) electrons. The van der Waals surface area contributed by atoms with E-state index in [2.05, 4.69) is 10.6 Å². The molecule has 0 aromatic heterocycles. The lowest BCUT2D eigenvalue weighted by Crippen LogP contribution is -2.17. The maximum atomic E-state index is 13.3. The SMILES string of the molecule is O=C(CCNc1c(F)cccc1F)Nc1cccc(Cl)c1. The van der Waals surface area contributed by atoms with Crippen LogP contribution in [0.2, 0.25) is 5.02 Å². The van der Waals surface area contributed by atoms with Crippen molar-refractivity contribution in [1.82, 2.24) is 0 Å². The minimum atomic E-state index is -0.690. The Kier molecular flexibility index (Phi) is 5.11. The van der Waals surface area contributed by atoms with Crippen molar-refractivity contribution in [3.05, 3.63) is 59.1 Å². The van der Waals surface area contributed by atoms with Crippen molar-refractivity contribution in [2.24, 2.45) is 0 Å². The Balaban J connectivity index is 1.85. The smallest absolute Gasteiger partial charge is 0.226 e. The molecule has 2 rings (SSSR count). The largest absolute Gasteiger partial charge is 0.380 e. The molecule has 2 aromatic carbocycles. The molecule has 2 N–H and O–H groups in total. The number of benzene rings is 2. The van der Waals surface area contributed by atoms with Crippen molar-refractivity contribution in [3.8, 4) is 0 Å². The van der Waals surface area contributed by atoms with Gasteiger partial charge in [-0.1, -0.05) is 23.7 Å². The monoisotopic (exact) mass is 310 g/mol. The van der Waals surface area contributed by atoms with Gasteiger partial charge in [0.05, 0.1) is 0 Å². The van der Waals surface area contributed by atoms with E-state index < -0.39 is 11.6 Å². The highest BCUT2D eigenvalue weighted by Crippen LogP contribution is 2.18. The number of para-hydroxylation sites is 1. The van der Waals surface area contributed by atoms with Gasteiger partial charge < -0.3 is 10.6 Å². The molecule has 1 amide bonds. The quantitative estimate of drug-likeness (QED) is 0.874. The van der Waals surface area contributed by atoms with Crippen LogP contribution < -0.4 is 10.6 Å². The third-order valence-corrected chi connectivity index (χ3v) is 2.96. The predicted octanol–water partition coefficient (Wildman–Crippen LogP) is 4.06. The molecule has 0 atom stereocenters. The number of amides is 1. The molecule has 0 bridgehead atoms. The van der Waals surface area contributed by atoms with E-state index in [4.69, 9.17) is 11.6 Å². The second-order valence-corrected chi connectivity index (χ2v) is 4.77. The minimum Gasteiger partial charge on any atom is -0.380 e. The Morgan fingerprint density at radius 3 is 2.43 bits per heavy atom. The summed E-state index contributed by atoms with van der Waals surface area (Å²) in [6, 6.07) is 10.3. The lowest BCUT2D eigenvalue weighted by molar-refractivity contribution is -0.115. The number of anilines is 2. The zero-order chi connectivity index (χ0) is 15.2. The van der Waals surface area contributed by atoms with Gasteiger partial charge in [0.1, 0.15) is 17.3 Å². The molecular formula is C15H13ClF2N2O. The molecule has 0 spiro atoms. The summed E-state index contributed by atoms with van der Waals surface area (Å²) in [7, 11) is 0. The highest BCUT2D eigenvalue weighted by atomic mass is 35.5. The van der Waals surface area contributed by atoms with Gasteiger partial charge in [-0.2, -0.15) is 0 Å². The summed E-state index contributed by atoms with van der Waals surface area (Å²) in [4.78, 5) is 11.7. The average molecular weight is 311 g/mol. The van der Waals surface area contributed by atoms with E-state index >= 15 is 0 Å². The van der Waals surface area contributed by atoms with E-state index in [0.29, 0.717) is 10.7 Å². The molecule has 0 heterocycles. The number of carbonyl (C=O) groups is 1. The highest BCUT2D eigenvalue weighted by molar-refractivity contribution is 6.30. The molecule has 110 valence electrons. The van der Waals surface area contributed by atoms with Gasteiger partial charge in [-0.05, 0) is 30.3 Å². The first kappa shape index (κ1) is 15.3. The van der Waals surface area contributed by atoms with E-state index in [-0.39, 0.29) is 24.6 Å². The Hall–Kier alpha value is -2.14. The maximum Gasteiger partial charge on any atom is 0.226 e. The van der Waals surface area contributed by atoms with Gasteiger partial charge in [-0.25, -0.2) is 8.78 Å². The van der Waals surface area contributed by atoms with E-state index in [9.17, 15) is 13.6 Å². The summed E-state index contributed by atoms with van der Waals surface area (Å²) >= 11 is 5.80. The topological polar surface area (TPSA) is 41.1 Å². The van der Waals surface area contributed by atoms with Crippen LogP contribution >= 0.6 is 11.6 Å². The molecule has 6 heteroatoms. The molecule has 0 aliphatic rings. The van der Waals surface area contributed by atoms with Crippen LogP contribution in [0.4, 0.5) is 20.2 Å². The molecule has 3 nitrogen and oxygen atoms in total. The fraction of sp³-hybridized carbons (Fsp3) is 0.133. The van der Waals surface area contributed by atoms with Crippen molar-refractivity contribution in [3.63, 3.8) is 0 Å². The van der Waals surface area contributed by atoms with Gasteiger partial charge in [-0.15, -0.1) is 0 Å². The highest BCUT2D eigenvalue weighted by Gasteiger charge is 2.08. The van der Waals surface area contributed by atoms with Crippen LogP contribution in [0.1, 0.15) is 6.42 Å². The maximum absolute atomic E-state index is 13.3. The number of carbonyl (C=O) groups excluding carboxylic acids is 1. The van der Waals surface area contributed by atoms with Gasteiger partial charge in [0.2, 0.25) is 5.91 Å². The Morgan fingerprint density at radius 1 is 1.10 bits per heavy atom. The number of hydrogen-bond acceptors (Lipinski definition) is 2. The molecule has 21 heavy (non-hydrogen) atoms. The zero-order valence-electron chi connectivity index (χ0n) is 11.0. The first-order valence-electron chi connectivity index (χ1n) is 6.29. The number of hydrogen-bond donors (Lipinski definition) is 2. The normalized spacial score (nSPS) is 10.2. The fourth-order valence-corrected chi connectivity index (χ4v) is 1.95. The second-order valence-electron chi connectivity index (χ2n) is 4.33. The molecule has 0 unspecified atom stereocenters. The Labute approximate surface area is 125 Å². The van der Waals surface area contributed by atoms with Crippen molar-refractivity contribution >= 4 is 28.9 Å². The van der Waals surface area contributed by atoms with Crippen molar-refractivity contribution in [1.29, 1.82) is 0 Å². The lowest BCUT2D eigenvalue weighted by atomic mass is 10.2. The molecule has 2 aromatic rings. The van der Waals surface area contributed by atoms with E-state index in [1.54, 1.807) is 24.3 Å².